The minimum atomic E-state index is 0.207. The Bertz CT molecular complexity index is 718. The molecule has 114 valence electrons. The largest absolute Gasteiger partial charge is 0.497 e. The van der Waals surface area contributed by atoms with Crippen molar-refractivity contribution < 1.29 is 4.74 Å². The van der Waals surface area contributed by atoms with Gasteiger partial charge in [0.2, 0.25) is 0 Å². The lowest BCUT2D eigenvalue weighted by atomic mass is 10.1. The smallest absolute Gasteiger partial charge is 0.124 e. The van der Waals surface area contributed by atoms with Crippen LogP contribution in [-0.4, -0.2) is 17.1 Å². The van der Waals surface area contributed by atoms with Gasteiger partial charge in [0.15, 0.2) is 0 Å². The Morgan fingerprint density at radius 1 is 1.18 bits per heavy atom. The van der Waals surface area contributed by atoms with Crippen LogP contribution in [0.1, 0.15) is 30.8 Å². The number of ether oxygens (including phenoxy) is 1. The fourth-order valence-electron chi connectivity index (χ4n) is 2.60. The molecule has 0 unspecified atom stereocenters. The Labute approximate surface area is 130 Å². The molecule has 0 amide bonds. The van der Waals surface area contributed by atoms with Gasteiger partial charge in [0, 0.05) is 6.54 Å². The van der Waals surface area contributed by atoms with Gasteiger partial charge in [0.25, 0.3) is 0 Å². The molecule has 2 aromatic carbocycles. The molecule has 0 bridgehead atoms. The molecule has 0 aliphatic carbocycles. The molecule has 1 atom stereocenters. The first kappa shape index (κ1) is 14.6. The van der Waals surface area contributed by atoms with Crippen molar-refractivity contribution in [3.05, 3.63) is 59.9 Å². The highest BCUT2D eigenvalue weighted by molar-refractivity contribution is 5.74. The monoisotopic (exact) mass is 295 g/mol. The van der Waals surface area contributed by atoms with Gasteiger partial charge in [-0.2, -0.15) is 0 Å². The number of hydrogen-bond acceptors (Lipinski definition) is 3. The zero-order valence-corrected chi connectivity index (χ0v) is 13.0. The average molecular weight is 295 g/mol. The Balaban J connectivity index is 1.73. The van der Waals surface area contributed by atoms with Crippen LogP contribution < -0.4 is 10.1 Å². The first-order chi connectivity index (χ1) is 10.8. The molecule has 22 heavy (non-hydrogen) atoms. The number of aromatic nitrogens is 2. The van der Waals surface area contributed by atoms with Crippen molar-refractivity contribution in [3.8, 4) is 5.75 Å². The van der Waals surface area contributed by atoms with Crippen molar-refractivity contribution >= 4 is 11.0 Å². The number of H-pyrrole nitrogens is 1. The van der Waals surface area contributed by atoms with E-state index in [0.717, 1.165) is 35.6 Å². The molecule has 4 heteroatoms. The fraction of sp³-hybridized carbons (Fsp3) is 0.278. The van der Waals surface area contributed by atoms with E-state index in [1.54, 1.807) is 7.11 Å². The van der Waals surface area contributed by atoms with Crippen LogP contribution in [0.2, 0.25) is 0 Å². The van der Waals surface area contributed by atoms with Crippen LogP contribution in [-0.2, 0) is 6.54 Å². The maximum absolute atomic E-state index is 5.27. The second-order valence-corrected chi connectivity index (χ2v) is 5.33. The molecular formula is C18H21N3O. The Morgan fingerprint density at radius 2 is 2.05 bits per heavy atom. The number of fused-ring (bicyclic) bond motifs is 1. The van der Waals surface area contributed by atoms with Crippen LogP contribution >= 0.6 is 0 Å². The highest BCUT2D eigenvalue weighted by atomic mass is 16.5. The van der Waals surface area contributed by atoms with E-state index < -0.39 is 0 Å². The zero-order valence-electron chi connectivity index (χ0n) is 13.0. The Morgan fingerprint density at radius 3 is 2.82 bits per heavy atom. The summed E-state index contributed by atoms with van der Waals surface area (Å²) >= 11 is 0. The van der Waals surface area contributed by atoms with Crippen molar-refractivity contribution in [2.45, 2.75) is 25.9 Å². The van der Waals surface area contributed by atoms with Gasteiger partial charge in [-0.1, -0.05) is 31.2 Å². The number of benzene rings is 2. The minimum Gasteiger partial charge on any atom is -0.497 e. The van der Waals surface area contributed by atoms with E-state index >= 15 is 0 Å². The molecule has 0 saturated heterocycles. The normalized spacial score (nSPS) is 12.5. The summed E-state index contributed by atoms with van der Waals surface area (Å²) in [6.45, 7) is 2.95. The van der Waals surface area contributed by atoms with Crippen molar-refractivity contribution in [1.29, 1.82) is 0 Å². The van der Waals surface area contributed by atoms with Crippen LogP contribution in [0.3, 0.4) is 0 Å². The summed E-state index contributed by atoms with van der Waals surface area (Å²) in [6.07, 6.45) is 0.976. The average Bonchev–Trinajstić information content (AvgIpc) is 2.99. The van der Waals surface area contributed by atoms with Gasteiger partial charge in [-0.3, -0.25) is 0 Å². The van der Waals surface area contributed by atoms with Crippen molar-refractivity contribution in [1.82, 2.24) is 15.3 Å². The molecule has 0 radical (unpaired) electrons. The number of nitrogens with one attached hydrogen (secondary N) is 2. The Kier molecular flexibility index (Phi) is 4.39. The molecule has 2 N–H and O–H groups in total. The summed E-state index contributed by atoms with van der Waals surface area (Å²) in [7, 11) is 1.69. The second-order valence-electron chi connectivity index (χ2n) is 5.33. The van der Waals surface area contributed by atoms with E-state index in [2.05, 4.69) is 40.4 Å². The van der Waals surface area contributed by atoms with E-state index in [1.807, 2.05) is 30.3 Å². The minimum absolute atomic E-state index is 0.207. The molecule has 4 nitrogen and oxygen atoms in total. The van der Waals surface area contributed by atoms with Crippen LogP contribution in [0.5, 0.6) is 5.75 Å². The molecular weight excluding hydrogens is 274 g/mol. The van der Waals surface area contributed by atoms with Crippen LogP contribution in [0.15, 0.2) is 48.5 Å². The van der Waals surface area contributed by atoms with Gasteiger partial charge < -0.3 is 15.0 Å². The number of nitrogens with zero attached hydrogens (tertiary/aromatic N) is 1. The maximum Gasteiger partial charge on any atom is 0.124 e. The third-order valence-corrected chi connectivity index (χ3v) is 3.83. The first-order valence-electron chi connectivity index (χ1n) is 7.61. The molecule has 1 aromatic heterocycles. The molecule has 0 aliphatic heterocycles. The van der Waals surface area contributed by atoms with Gasteiger partial charge in [0.1, 0.15) is 11.6 Å². The van der Waals surface area contributed by atoms with Gasteiger partial charge in [-0.05, 0) is 36.2 Å². The highest BCUT2D eigenvalue weighted by Gasteiger charge is 2.13. The number of aromatic amines is 1. The van der Waals surface area contributed by atoms with E-state index in [0.29, 0.717) is 0 Å². The lowest BCUT2D eigenvalue weighted by Gasteiger charge is -2.15. The number of imidazole rings is 1. The molecule has 3 aromatic rings. The second kappa shape index (κ2) is 6.62. The van der Waals surface area contributed by atoms with Crippen molar-refractivity contribution in [3.63, 3.8) is 0 Å². The summed E-state index contributed by atoms with van der Waals surface area (Å²) in [6, 6.07) is 16.5. The SMILES string of the molecule is CC[C@@H](NCc1cccc(OC)c1)c1nc2ccccc2[nH]1. The summed E-state index contributed by atoms with van der Waals surface area (Å²) < 4.78 is 5.27. The predicted molar refractivity (Wildman–Crippen MR) is 89.0 cm³/mol. The highest BCUT2D eigenvalue weighted by Crippen LogP contribution is 2.19. The van der Waals surface area contributed by atoms with E-state index in [9.17, 15) is 0 Å². The third-order valence-electron chi connectivity index (χ3n) is 3.83. The van der Waals surface area contributed by atoms with Gasteiger partial charge in [-0.25, -0.2) is 4.98 Å². The van der Waals surface area contributed by atoms with Gasteiger partial charge >= 0.3 is 0 Å². The summed E-state index contributed by atoms with van der Waals surface area (Å²) in [5.41, 5.74) is 3.30. The molecule has 0 fully saturated rings. The van der Waals surface area contributed by atoms with Gasteiger partial charge in [-0.15, -0.1) is 0 Å². The topological polar surface area (TPSA) is 49.9 Å². The van der Waals surface area contributed by atoms with E-state index in [-0.39, 0.29) is 6.04 Å². The summed E-state index contributed by atoms with van der Waals surface area (Å²) in [5.74, 6) is 1.88. The quantitative estimate of drug-likeness (QED) is 0.727. The van der Waals surface area contributed by atoms with E-state index in [1.165, 1.54) is 5.56 Å². The van der Waals surface area contributed by atoms with Crippen molar-refractivity contribution in [2.24, 2.45) is 0 Å². The number of para-hydroxylation sites is 2. The number of methoxy groups -OCH3 is 1. The lowest BCUT2D eigenvalue weighted by molar-refractivity contribution is 0.413. The molecule has 0 saturated carbocycles. The lowest BCUT2D eigenvalue weighted by Crippen LogP contribution is -2.21. The number of rotatable bonds is 6. The molecule has 1 heterocycles. The molecule has 0 spiro atoms. The third kappa shape index (κ3) is 3.12. The van der Waals surface area contributed by atoms with Crippen molar-refractivity contribution in [2.75, 3.05) is 7.11 Å². The first-order valence-corrected chi connectivity index (χ1v) is 7.61. The predicted octanol–water partition coefficient (Wildman–Crippen LogP) is 3.81. The summed E-state index contributed by atoms with van der Waals surface area (Å²) in [5, 5.41) is 3.56. The molecule has 0 aliphatic rings. The van der Waals surface area contributed by atoms with Gasteiger partial charge in [0.05, 0.1) is 24.2 Å². The maximum atomic E-state index is 5.27. The standard InChI is InChI=1S/C18H21N3O/c1-3-15(18-20-16-9-4-5-10-17(16)21-18)19-12-13-7-6-8-14(11-13)22-2/h4-11,15,19H,3,12H2,1-2H3,(H,20,21)/t15-/m1/s1. The van der Waals surface area contributed by atoms with Crippen LogP contribution in [0.4, 0.5) is 0 Å². The summed E-state index contributed by atoms with van der Waals surface area (Å²) in [4.78, 5) is 8.09. The number of hydrogen-bond donors (Lipinski definition) is 2. The Hall–Kier alpha value is -2.33. The van der Waals surface area contributed by atoms with E-state index in [4.69, 9.17) is 4.74 Å². The fourth-order valence-corrected chi connectivity index (χ4v) is 2.60. The van der Waals surface area contributed by atoms with Crippen LogP contribution in [0, 0.1) is 0 Å². The molecule has 3 rings (SSSR count). The van der Waals surface area contributed by atoms with Crippen LogP contribution in [0.25, 0.3) is 11.0 Å². The zero-order chi connectivity index (χ0) is 15.4.